The Morgan fingerprint density at radius 1 is 0.374 bits per heavy atom. The molecule has 12 unspecified atom stereocenters. The summed E-state index contributed by atoms with van der Waals surface area (Å²) in [7, 11) is 0. The average Bonchev–Trinajstić information content (AvgIpc) is 0.793. The van der Waals surface area contributed by atoms with Crippen molar-refractivity contribution in [2.45, 2.75) is 415 Å². The number of carbonyl (C=O) groups is 1. The Balaban J connectivity index is 1.61. The number of hydrogen-bond acceptors (Lipinski definition) is 13. The monoisotopic (exact) mass is 1390 g/mol. The maximum absolute atomic E-state index is 13.4. The summed E-state index contributed by atoms with van der Waals surface area (Å²) in [5.41, 5.74) is 0. The van der Waals surface area contributed by atoms with Crippen LogP contribution >= 0.6 is 0 Å². The van der Waals surface area contributed by atoms with E-state index in [0.717, 1.165) is 109 Å². The molecule has 14 nitrogen and oxygen atoms in total. The lowest BCUT2D eigenvalue weighted by atomic mass is 9.97. The van der Waals surface area contributed by atoms with Crippen LogP contribution in [0.1, 0.15) is 341 Å². The molecule has 0 aromatic rings. The van der Waals surface area contributed by atoms with Crippen molar-refractivity contribution in [2.24, 2.45) is 0 Å². The summed E-state index contributed by atoms with van der Waals surface area (Å²) in [6.45, 7) is 2.79. The van der Waals surface area contributed by atoms with Gasteiger partial charge in [0.2, 0.25) is 5.91 Å². The standard InChI is InChI=1S/C85H151NO13/c1-3-5-7-9-11-13-15-17-19-21-23-25-27-29-31-33-34-35-36-37-38-39-40-41-43-45-47-49-51-53-55-57-59-61-63-65-67-69-77(90)86-73(72-96-84-82(95)80(93)83(76(71-88)98-84)99-85-81(94)79(92)78(91)75(70-87)97-85)74(89)68-66-64-62-60-58-56-54-52-50-48-46-44-42-32-30-28-26-24-22-20-18-16-14-12-10-8-6-4-2/h5,7,11,13,17,19,23,25,29,31,34-35,37-38,40-41,73-76,78-85,87-89,91-95H,3-4,6,8-10,12,14-16,18,20-22,24,26-28,30,32-33,36,39,42-72H2,1-2H3,(H,86,90)/b7-5-,13-11-,19-17-,25-23-,31-29-,35-34-,38-37-,41-40-. The Morgan fingerprint density at radius 2 is 0.697 bits per heavy atom. The molecular formula is C85H151NO13. The highest BCUT2D eigenvalue weighted by atomic mass is 16.7. The van der Waals surface area contributed by atoms with E-state index < -0.39 is 86.8 Å². The molecule has 0 saturated carbocycles. The highest BCUT2D eigenvalue weighted by Crippen LogP contribution is 2.30. The summed E-state index contributed by atoms with van der Waals surface area (Å²) in [4.78, 5) is 13.4. The predicted molar refractivity (Wildman–Crippen MR) is 410 cm³/mol. The molecule has 0 spiro atoms. The zero-order valence-corrected chi connectivity index (χ0v) is 63.0. The van der Waals surface area contributed by atoms with E-state index in [1.165, 1.54) is 205 Å². The van der Waals surface area contributed by atoms with E-state index in [-0.39, 0.29) is 12.5 Å². The Kier molecular flexibility index (Phi) is 63.2. The van der Waals surface area contributed by atoms with E-state index in [0.29, 0.717) is 12.8 Å². The first-order valence-corrected chi connectivity index (χ1v) is 41.0. The van der Waals surface area contributed by atoms with Crippen molar-refractivity contribution in [3.8, 4) is 0 Å². The summed E-state index contributed by atoms with van der Waals surface area (Å²) >= 11 is 0. The second-order valence-electron chi connectivity index (χ2n) is 28.5. The number of unbranched alkanes of at least 4 members (excludes halogenated alkanes) is 39. The second-order valence-corrected chi connectivity index (χ2v) is 28.5. The topological polar surface area (TPSA) is 228 Å². The van der Waals surface area contributed by atoms with Crippen molar-refractivity contribution in [3.05, 3.63) is 97.2 Å². The summed E-state index contributed by atoms with van der Waals surface area (Å²) in [6.07, 6.45) is 80.1. The van der Waals surface area contributed by atoms with Crippen LogP contribution in [0.4, 0.5) is 0 Å². The average molecular weight is 1400 g/mol. The SMILES string of the molecule is CC/C=C\C/C=C\C/C=C\C/C=C\C/C=C\C/C=C\C/C=C\C/C=C\CCCCCCCCCCCCCCC(=O)NC(COC1OC(CO)C(OC2OC(CO)C(O)C(O)C2O)C(O)C1O)C(O)CCCCCCCCCCCCCCCCCCCCCCCCCCCCCC. The third kappa shape index (κ3) is 50.9. The van der Waals surface area contributed by atoms with Crippen LogP contribution in [-0.2, 0) is 23.7 Å². The van der Waals surface area contributed by atoms with Crippen LogP contribution in [-0.4, -0.2) is 140 Å². The first-order chi connectivity index (χ1) is 48.6. The highest BCUT2D eigenvalue weighted by Gasteiger charge is 2.51. The summed E-state index contributed by atoms with van der Waals surface area (Å²) in [6, 6.07) is -0.837. The fourth-order valence-electron chi connectivity index (χ4n) is 13.1. The molecule has 574 valence electrons. The Hall–Kier alpha value is -3.09. The van der Waals surface area contributed by atoms with Gasteiger partial charge in [-0.3, -0.25) is 4.79 Å². The van der Waals surface area contributed by atoms with Crippen LogP contribution in [0.3, 0.4) is 0 Å². The minimum absolute atomic E-state index is 0.207. The number of hydrogen-bond donors (Lipinski definition) is 9. The number of aliphatic hydroxyl groups excluding tert-OH is 8. The summed E-state index contributed by atoms with van der Waals surface area (Å²) < 4.78 is 23.0. The van der Waals surface area contributed by atoms with Crippen molar-refractivity contribution in [1.29, 1.82) is 0 Å². The lowest BCUT2D eigenvalue weighted by Gasteiger charge is -2.46. The van der Waals surface area contributed by atoms with Gasteiger partial charge in [0.25, 0.3) is 0 Å². The first-order valence-electron chi connectivity index (χ1n) is 41.0. The fourth-order valence-corrected chi connectivity index (χ4v) is 13.1. The van der Waals surface area contributed by atoms with Gasteiger partial charge in [0.15, 0.2) is 12.6 Å². The number of nitrogens with one attached hydrogen (secondary N) is 1. The maximum atomic E-state index is 13.4. The second kappa shape index (κ2) is 68.0. The molecule has 2 fully saturated rings. The Labute approximate surface area is 604 Å². The normalized spacial score (nSPS) is 22.4. The highest BCUT2D eigenvalue weighted by molar-refractivity contribution is 5.76. The van der Waals surface area contributed by atoms with Crippen LogP contribution in [0.15, 0.2) is 97.2 Å². The predicted octanol–water partition coefficient (Wildman–Crippen LogP) is 18.9. The molecule has 14 heteroatoms. The lowest BCUT2D eigenvalue weighted by molar-refractivity contribution is -0.359. The van der Waals surface area contributed by atoms with Crippen molar-refractivity contribution in [2.75, 3.05) is 19.8 Å². The number of ether oxygens (including phenoxy) is 4. The number of amides is 1. The zero-order valence-electron chi connectivity index (χ0n) is 63.0. The molecule has 2 aliphatic rings. The molecule has 99 heavy (non-hydrogen) atoms. The van der Waals surface area contributed by atoms with Crippen molar-refractivity contribution in [3.63, 3.8) is 0 Å². The quantitative estimate of drug-likeness (QED) is 0.0204. The molecule has 1 amide bonds. The summed E-state index contributed by atoms with van der Waals surface area (Å²) in [5.74, 6) is -0.207. The molecule has 2 aliphatic heterocycles. The number of allylic oxidation sites excluding steroid dienone is 16. The van der Waals surface area contributed by atoms with Crippen molar-refractivity contribution < 1.29 is 64.6 Å². The van der Waals surface area contributed by atoms with Gasteiger partial charge in [-0.1, -0.05) is 355 Å². The van der Waals surface area contributed by atoms with Crippen LogP contribution in [0.5, 0.6) is 0 Å². The van der Waals surface area contributed by atoms with Gasteiger partial charge in [0.05, 0.1) is 32.0 Å². The van der Waals surface area contributed by atoms with E-state index >= 15 is 0 Å². The molecule has 0 aromatic carbocycles. The fraction of sp³-hybridized carbons (Fsp3) is 0.800. The van der Waals surface area contributed by atoms with E-state index in [9.17, 15) is 45.6 Å². The lowest BCUT2D eigenvalue weighted by Crippen LogP contribution is -2.65. The molecule has 0 radical (unpaired) electrons. The molecule has 9 N–H and O–H groups in total. The largest absolute Gasteiger partial charge is 0.394 e. The smallest absolute Gasteiger partial charge is 0.220 e. The van der Waals surface area contributed by atoms with Gasteiger partial charge in [0.1, 0.15) is 48.8 Å². The molecule has 0 aliphatic carbocycles. The third-order valence-electron chi connectivity index (χ3n) is 19.6. The van der Waals surface area contributed by atoms with Gasteiger partial charge in [-0.05, 0) is 77.0 Å². The van der Waals surface area contributed by atoms with Gasteiger partial charge in [-0.2, -0.15) is 0 Å². The van der Waals surface area contributed by atoms with Crippen molar-refractivity contribution >= 4 is 5.91 Å². The number of rotatable bonds is 68. The zero-order chi connectivity index (χ0) is 71.5. The van der Waals surface area contributed by atoms with Gasteiger partial charge < -0.3 is 65.1 Å². The molecule has 0 aromatic heterocycles. The molecule has 0 bridgehead atoms. The van der Waals surface area contributed by atoms with E-state index in [4.69, 9.17) is 18.9 Å². The summed E-state index contributed by atoms with van der Waals surface area (Å²) in [5, 5.41) is 87.9. The number of aliphatic hydroxyl groups is 8. The van der Waals surface area contributed by atoms with Gasteiger partial charge >= 0.3 is 0 Å². The van der Waals surface area contributed by atoms with Crippen molar-refractivity contribution in [1.82, 2.24) is 5.32 Å². The Bertz CT molecular complexity index is 2040. The van der Waals surface area contributed by atoms with Crippen LogP contribution in [0.25, 0.3) is 0 Å². The van der Waals surface area contributed by atoms with Crippen LogP contribution in [0, 0.1) is 0 Å². The van der Waals surface area contributed by atoms with Gasteiger partial charge in [-0.25, -0.2) is 0 Å². The first kappa shape index (κ1) is 92.0. The molecule has 2 saturated heterocycles. The minimum Gasteiger partial charge on any atom is -0.394 e. The van der Waals surface area contributed by atoms with E-state index in [1.54, 1.807) is 0 Å². The van der Waals surface area contributed by atoms with Crippen LogP contribution < -0.4 is 5.32 Å². The number of carbonyl (C=O) groups excluding carboxylic acids is 1. The van der Waals surface area contributed by atoms with E-state index in [1.807, 2.05) is 0 Å². The minimum atomic E-state index is -1.79. The molecular weight excluding hydrogens is 1240 g/mol. The molecule has 2 rings (SSSR count). The maximum Gasteiger partial charge on any atom is 0.220 e. The third-order valence-corrected chi connectivity index (χ3v) is 19.6. The Morgan fingerprint density at radius 3 is 1.07 bits per heavy atom. The van der Waals surface area contributed by atoms with E-state index in [2.05, 4.69) is 116 Å². The van der Waals surface area contributed by atoms with Gasteiger partial charge in [0, 0.05) is 6.42 Å². The van der Waals surface area contributed by atoms with Crippen LogP contribution in [0.2, 0.25) is 0 Å². The van der Waals surface area contributed by atoms with Gasteiger partial charge in [-0.15, -0.1) is 0 Å². The molecule has 12 atom stereocenters. The molecule has 2 heterocycles.